The highest BCUT2D eigenvalue weighted by Gasteiger charge is 2.41. The molecule has 0 fully saturated rings. The molecule has 5 rings (SSSR count). The van der Waals surface area contributed by atoms with Crippen LogP contribution in [0.4, 0.5) is 0 Å². The maximum Gasteiger partial charge on any atom is 0.213 e. The van der Waals surface area contributed by atoms with Crippen LogP contribution in [0.3, 0.4) is 0 Å². The Morgan fingerprint density at radius 3 is 2.56 bits per heavy atom. The molecule has 0 radical (unpaired) electrons. The molecule has 3 aromatic carbocycles. The van der Waals surface area contributed by atoms with E-state index in [0.717, 1.165) is 52.3 Å². The van der Waals surface area contributed by atoms with Crippen LogP contribution in [0.15, 0.2) is 82.4 Å². The molecule has 2 atom stereocenters. The standard InChI is InChI=1S/C29H31BrN2O2/c1-2-3-4-5-9-18-33-24-15-12-22(13-16-24)29-32-27(25-19-23(30)14-17-28(25)34-29)20-26(31-32)21-10-7-6-8-11-21/h6-8,10-17,19,27,29H,2-5,9,18,20H2,1H3/t27-,29+/m0/s1. The third-order valence-electron chi connectivity index (χ3n) is 6.54. The first-order valence-corrected chi connectivity index (χ1v) is 13.1. The molecule has 0 aromatic heterocycles. The minimum Gasteiger partial charge on any atom is -0.494 e. The molecule has 4 nitrogen and oxygen atoms in total. The van der Waals surface area contributed by atoms with E-state index in [9.17, 15) is 0 Å². The molecule has 2 heterocycles. The van der Waals surface area contributed by atoms with Gasteiger partial charge in [-0.05, 0) is 54.4 Å². The van der Waals surface area contributed by atoms with Gasteiger partial charge in [-0.25, -0.2) is 5.01 Å². The van der Waals surface area contributed by atoms with Crippen LogP contribution in [0, 0.1) is 0 Å². The van der Waals surface area contributed by atoms with Crippen molar-refractivity contribution in [3.05, 3.63) is 94.0 Å². The average molecular weight is 519 g/mol. The summed E-state index contributed by atoms with van der Waals surface area (Å²) in [4.78, 5) is 0. The van der Waals surface area contributed by atoms with Crippen LogP contribution >= 0.6 is 15.9 Å². The van der Waals surface area contributed by atoms with E-state index in [1.54, 1.807) is 0 Å². The Morgan fingerprint density at radius 2 is 1.76 bits per heavy atom. The van der Waals surface area contributed by atoms with E-state index in [4.69, 9.17) is 14.6 Å². The SMILES string of the molecule is CCCCCCCOc1ccc([C@H]2Oc3ccc(Br)cc3[C@@H]3CC(c4ccccc4)=NN23)cc1. The first-order chi connectivity index (χ1) is 16.7. The number of unbranched alkanes of at least 4 members (excludes halogenated alkanes) is 4. The molecule has 0 bridgehead atoms. The number of hydrogen-bond donors (Lipinski definition) is 0. The topological polar surface area (TPSA) is 34.1 Å². The fourth-order valence-corrected chi connectivity index (χ4v) is 5.09. The summed E-state index contributed by atoms with van der Waals surface area (Å²) in [6.45, 7) is 3.01. The van der Waals surface area contributed by atoms with Gasteiger partial charge in [0, 0.05) is 22.0 Å². The molecule has 3 aromatic rings. The molecule has 34 heavy (non-hydrogen) atoms. The van der Waals surface area contributed by atoms with Crippen molar-refractivity contribution in [3.63, 3.8) is 0 Å². The highest BCUT2D eigenvalue weighted by atomic mass is 79.9. The van der Waals surface area contributed by atoms with Crippen molar-refractivity contribution in [1.82, 2.24) is 5.01 Å². The zero-order valence-electron chi connectivity index (χ0n) is 19.6. The van der Waals surface area contributed by atoms with Crippen molar-refractivity contribution in [2.75, 3.05) is 6.61 Å². The highest BCUT2D eigenvalue weighted by molar-refractivity contribution is 9.10. The van der Waals surface area contributed by atoms with Crippen LogP contribution in [0.1, 0.15) is 74.4 Å². The summed E-state index contributed by atoms with van der Waals surface area (Å²) < 4.78 is 13.5. The predicted molar refractivity (Wildman–Crippen MR) is 140 cm³/mol. The largest absolute Gasteiger partial charge is 0.494 e. The molecular formula is C29H31BrN2O2. The predicted octanol–water partition coefficient (Wildman–Crippen LogP) is 8.04. The number of hydrazone groups is 1. The number of fused-ring (bicyclic) bond motifs is 3. The number of nitrogens with zero attached hydrogens (tertiary/aromatic N) is 2. The maximum absolute atomic E-state index is 6.50. The fourth-order valence-electron chi connectivity index (χ4n) is 4.71. The van der Waals surface area contributed by atoms with Gasteiger partial charge in [0.05, 0.1) is 18.4 Å². The van der Waals surface area contributed by atoms with E-state index in [-0.39, 0.29) is 12.3 Å². The Morgan fingerprint density at radius 1 is 0.971 bits per heavy atom. The van der Waals surface area contributed by atoms with E-state index in [1.807, 2.05) is 12.1 Å². The van der Waals surface area contributed by atoms with E-state index >= 15 is 0 Å². The van der Waals surface area contributed by atoms with Gasteiger partial charge < -0.3 is 9.47 Å². The van der Waals surface area contributed by atoms with E-state index < -0.39 is 0 Å². The lowest BCUT2D eigenvalue weighted by molar-refractivity contribution is -0.0191. The van der Waals surface area contributed by atoms with E-state index in [0.29, 0.717) is 0 Å². The lowest BCUT2D eigenvalue weighted by Gasteiger charge is -2.38. The van der Waals surface area contributed by atoms with E-state index in [2.05, 4.69) is 88.5 Å². The van der Waals surface area contributed by atoms with Gasteiger partial charge in [0.15, 0.2) is 0 Å². The number of rotatable bonds is 9. The molecule has 0 unspecified atom stereocenters. The van der Waals surface area contributed by atoms with E-state index in [1.165, 1.54) is 31.2 Å². The highest BCUT2D eigenvalue weighted by Crippen LogP contribution is 2.48. The van der Waals surface area contributed by atoms with Gasteiger partial charge in [-0.1, -0.05) is 78.9 Å². The van der Waals surface area contributed by atoms with Crippen LogP contribution < -0.4 is 9.47 Å². The molecule has 2 aliphatic rings. The Balaban J connectivity index is 1.35. The zero-order valence-corrected chi connectivity index (χ0v) is 21.2. The van der Waals surface area contributed by atoms with Crippen LogP contribution in [0.5, 0.6) is 11.5 Å². The molecular weight excluding hydrogens is 488 g/mol. The molecule has 0 amide bonds. The van der Waals surface area contributed by atoms with Gasteiger partial charge >= 0.3 is 0 Å². The molecule has 0 saturated carbocycles. The van der Waals surface area contributed by atoms with Gasteiger partial charge in [-0.3, -0.25) is 0 Å². The van der Waals surface area contributed by atoms with Crippen LogP contribution in [-0.2, 0) is 0 Å². The second-order valence-corrected chi connectivity index (χ2v) is 9.91. The third kappa shape index (κ3) is 5.00. The second-order valence-electron chi connectivity index (χ2n) is 9.00. The lowest BCUT2D eigenvalue weighted by atomic mass is 9.96. The van der Waals surface area contributed by atoms with Crippen LogP contribution in [-0.4, -0.2) is 17.3 Å². The Labute approximate surface area is 210 Å². The number of benzene rings is 3. The number of hydrogen-bond acceptors (Lipinski definition) is 4. The van der Waals surface area contributed by atoms with Gasteiger partial charge in [-0.2, -0.15) is 5.10 Å². The van der Waals surface area contributed by atoms with Crippen molar-refractivity contribution in [3.8, 4) is 11.5 Å². The van der Waals surface area contributed by atoms with Gasteiger partial charge in [0.2, 0.25) is 6.23 Å². The summed E-state index contributed by atoms with van der Waals surface area (Å²) in [6, 6.07) is 25.1. The third-order valence-corrected chi connectivity index (χ3v) is 7.03. The quantitative estimate of drug-likeness (QED) is 0.268. The molecule has 5 heteroatoms. The molecule has 176 valence electrons. The molecule has 0 N–H and O–H groups in total. The van der Waals surface area contributed by atoms with Crippen molar-refractivity contribution >= 4 is 21.6 Å². The van der Waals surface area contributed by atoms with Crippen LogP contribution in [0.25, 0.3) is 0 Å². The Bertz CT molecular complexity index is 1130. The molecule has 2 aliphatic heterocycles. The van der Waals surface area contributed by atoms with Crippen LogP contribution in [0.2, 0.25) is 0 Å². The molecule has 0 spiro atoms. The van der Waals surface area contributed by atoms with Gasteiger partial charge in [-0.15, -0.1) is 0 Å². The lowest BCUT2D eigenvalue weighted by Crippen LogP contribution is -2.33. The monoisotopic (exact) mass is 518 g/mol. The molecule has 0 aliphatic carbocycles. The summed E-state index contributed by atoms with van der Waals surface area (Å²) >= 11 is 3.63. The zero-order chi connectivity index (χ0) is 23.3. The first kappa shape index (κ1) is 23.0. The van der Waals surface area contributed by atoms with Crippen molar-refractivity contribution in [1.29, 1.82) is 0 Å². The molecule has 0 saturated heterocycles. The Kier molecular flexibility index (Phi) is 7.19. The number of ether oxygens (including phenoxy) is 2. The maximum atomic E-state index is 6.50. The van der Waals surface area contributed by atoms with Crippen molar-refractivity contribution in [2.24, 2.45) is 5.10 Å². The fraction of sp³-hybridized carbons (Fsp3) is 0.345. The first-order valence-electron chi connectivity index (χ1n) is 12.3. The summed E-state index contributed by atoms with van der Waals surface area (Å²) in [5, 5.41) is 7.18. The minimum atomic E-state index is -0.275. The summed E-state index contributed by atoms with van der Waals surface area (Å²) in [5.74, 6) is 1.83. The summed E-state index contributed by atoms with van der Waals surface area (Å²) in [6.07, 6.45) is 6.78. The van der Waals surface area contributed by atoms with Gasteiger partial charge in [0.1, 0.15) is 11.5 Å². The van der Waals surface area contributed by atoms with Crippen molar-refractivity contribution < 1.29 is 9.47 Å². The normalized spacial score (nSPS) is 18.6. The van der Waals surface area contributed by atoms with Crippen molar-refractivity contribution in [2.45, 2.75) is 57.7 Å². The average Bonchev–Trinajstić information content (AvgIpc) is 3.33. The second kappa shape index (κ2) is 10.6. The summed E-state index contributed by atoms with van der Waals surface area (Å²) in [5.41, 5.74) is 4.50. The minimum absolute atomic E-state index is 0.139. The number of halogens is 1. The Hall–Kier alpha value is -2.79. The van der Waals surface area contributed by atoms with Gasteiger partial charge in [0.25, 0.3) is 0 Å². The smallest absolute Gasteiger partial charge is 0.213 e. The summed E-state index contributed by atoms with van der Waals surface area (Å²) in [7, 11) is 0.